The molecule has 0 spiro atoms. The number of ketones is 2. The van der Waals surface area contributed by atoms with Crippen LogP contribution in [0.25, 0.3) is 0 Å². The van der Waals surface area contributed by atoms with E-state index >= 15 is 0 Å². The van der Waals surface area contributed by atoms with E-state index < -0.39 is 6.67 Å². The second-order valence-electron chi connectivity index (χ2n) is 9.18. The predicted molar refractivity (Wildman–Crippen MR) is 104 cm³/mol. The van der Waals surface area contributed by atoms with Crippen LogP contribution in [0.15, 0.2) is 22.6 Å². The van der Waals surface area contributed by atoms with E-state index in [1.165, 1.54) is 11.8 Å². The molecule has 4 aliphatic carbocycles. The van der Waals surface area contributed by atoms with E-state index in [0.29, 0.717) is 35.7 Å². The summed E-state index contributed by atoms with van der Waals surface area (Å²) in [5.74, 6) is 2.45. The number of alkyl halides is 1. The van der Waals surface area contributed by atoms with E-state index in [0.717, 1.165) is 54.6 Å². The third kappa shape index (κ3) is 2.43. The van der Waals surface area contributed by atoms with Crippen LogP contribution in [0.3, 0.4) is 0 Å². The quantitative estimate of drug-likeness (QED) is 0.672. The fourth-order valence-electron chi connectivity index (χ4n) is 6.76. The Kier molecular flexibility index (Phi) is 4.49. The Hall–Kier alpha value is -0.900. The summed E-state index contributed by atoms with van der Waals surface area (Å²) < 4.78 is 12.8. The first-order chi connectivity index (χ1) is 12.3. The van der Waals surface area contributed by atoms with E-state index in [1.54, 1.807) is 0 Å². The molecule has 4 heteroatoms. The monoisotopic (exact) mass is 376 g/mol. The van der Waals surface area contributed by atoms with Crippen molar-refractivity contribution in [2.45, 2.75) is 58.8 Å². The topological polar surface area (TPSA) is 34.1 Å². The highest BCUT2D eigenvalue weighted by atomic mass is 32.2. The molecular weight excluding hydrogens is 347 g/mol. The van der Waals surface area contributed by atoms with Gasteiger partial charge in [-0.3, -0.25) is 14.0 Å². The van der Waals surface area contributed by atoms with Gasteiger partial charge in [0.25, 0.3) is 0 Å². The lowest BCUT2D eigenvalue weighted by atomic mass is 9.46. The summed E-state index contributed by atoms with van der Waals surface area (Å²) in [6.45, 7) is 8.47. The van der Waals surface area contributed by atoms with Crippen molar-refractivity contribution < 1.29 is 14.0 Å². The number of thioether (sulfide) groups is 1. The highest BCUT2D eigenvalue weighted by Crippen LogP contribution is 2.66. The van der Waals surface area contributed by atoms with Crippen LogP contribution in [0, 0.1) is 28.6 Å². The zero-order valence-corrected chi connectivity index (χ0v) is 16.7. The molecule has 0 aromatic heterocycles. The van der Waals surface area contributed by atoms with Crippen molar-refractivity contribution in [3.05, 3.63) is 22.6 Å². The molecule has 0 aromatic carbocycles. The summed E-state index contributed by atoms with van der Waals surface area (Å²) in [6.07, 6.45) is 6.12. The Morgan fingerprint density at radius 3 is 2.58 bits per heavy atom. The van der Waals surface area contributed by atoms with Gasteiger partial charge >= 0.3 is 0 Å². The van der Waals surface area contributed by atoms with Gasteiger partial charge in [-0.15, -0.1) is 11.8 Å². The van der Waals surface area contributed by atoms with Crippen molar-refractivity contribution in [2.75, 3.05) is 12.4 Å². The SMILES string of the molecule is C=C1C[C@@H]2[C@H](CC[C@]3(C)C(=O)CC[C@@H]23)[C@@]2(C)CCC(=O)C(SCCF)=C12. The highest BCUT2D eigenvalue weighted by Gasteiger charge is 2.60. The van der Waals surface area contributed by atoms with E-state index in [4.69, 9.17) is 0 Å². The van der Waals surface area contributed by atoms with Crippen molar-refractivity contribution in [1.82, 2.24) is 0 Å². The summed E-state index contributed by atoms with van der Waals surface area (Å²) in [6, 6.07) is 0. The molecule has 0 radical (unpaired) electrons. The Bertz CT molecular complexity index is 711. The molecule has 0 saturated heterocycles. The molecule has 5 atom stereocenters. The van der Waals surface area contributed by atoms with Crippen molar-refractivity contribution in [2.24, 2.45) is 28.6 Å². The molecule has 3 fully saturated rings. The van der Waals surface area contributed by atoms with Gasteiger partial charge in [0.2, 0.25) is 0 Å². The summed E-state index contributed by atoms with van der Waals surface area (Å²) in [4.78, 5) is 25.9. The Balaban J connectivity index is 1.75. The first-order valence-electron chi connectivity index (χ1n) is 10.0. The van der Waals surface area contributed by atoms with Gasteiger partial charge in [-0.2, -0.15) is 0 Å². The first kappa shape index (κ1) is 18.5. The zero-order chi connectivity index (χ0) is 18.7. The Morgan fingerprint density at radius 2 is 1.85 bits per heavy atom. The van der Waals surface area contributed by atoms with E-state index in [2.05, 4.69) is 20.4 Å². The molecular formula is C22H29FO2S. The van der Waals surface area contributed by atoms with Crippen LogP contribution in [0.2, 0.25) is 0 Å². The van der Waals surface area contributed by atoms with Gasteiger partial charge in [-0.25, -0.2) is 0 Å². The lowest BCUT2D eigenvalue weighted by molar-refractivity contribution is -0.132. The summed E-state index contributed by atoms with van der Waals surface area (Å²) in [7, 11) is 0. The second-order valence-corrected chi connectivity index (χ2v) is 10.3. The van der Waals surface area contributed by atoms with Crippen LogP contribution in [-0.2, 0) is 9.59 Å². The number of hydrogen-bond donors (Lipinski definition) is 0. The second kappa shape index (κ2) is 6.32. The average Bonchev–Trinajstić information content (AvgIpc) is 2.90. The maximum atomic E-state index is 12.8. The standard InChI is InChI=1S/C22H29FO2S/c1-13-12-14-15-4-5-18(25)21(15,2)8-6-16(14)22(3)9-7-17(24)20(19(13)22)26-11-10-23/h14-16H,1,4-12H2,2-3H3/t14-,15-,16-,21-,22+/m0/s1. The maximum absolute atomic E-state index is 12.8. The van der Waals surface area contributed by atoms with Crippen molar-refractivity contribution in [1.29, 1.82) is 0 Å². The molecule has 0 aromatic rings. The minimum atomic E-state index is -0.410. The van der Waals surface area contributed by atoms with Gasteiger partial charge in [-0.1, -0.05) is 20.4 Å². The summed E-state index contributed by atoms with van der Waals surface area (Å²) in [5, 5.41) is 0. The van der Waals surface area contributed by atoms with Gasteiger partial charge in [0, 0.05) is 24.0 Å². The number of carbonyl (C=O) groups excluding carboxylic acids is 2. The molecule has 0 unspecified atom stereocenters. The minimum absolute atomic E-state index is 0.0421. The third-order valence-corrected chi connectivity index (χ3v) is 9.13. The lowest BCUT2D eigenvalue weighted by Crippen LogP contribution is -2.51. The van der Waals surface area contributed by atoms with Gasteiger partial charge in [0.05, 0.1) is 11.6 Å². The first-order valence-corrected chi connectivity index (χ1v) is 11.0. The van der Waals surface area contributed by atoms with E-state index in [9.17, 15) is 14.0 Å². The zero-order valence-electron chi connectivity index (χ0n) is 15.9. The van der Waals surface area contributed by atoms with Crippen LogP contribution in [-0.4, -0.2) is 24.0 Å². The molecule has 4 aliphatic rings. The highest BCUT2D eigenvalue weighted by molar-refractivity contribution is 8.04. The fraction of sp³-hybridized carbons (Fsp3) is 0.727. The fourth-order valence-corrected chi connectivity index (χ4v) is 7.83. The van der Waals surface area contributed by atoms with Gasteiger partial charge in [0.15, 0.2) is 5.78 Å². The summed E-state index contributed by atoms with van der Waals surface area (Å²) in [5.41, 5.74) is 2.03. The van der Waals surface area contributed by atoms with Crippen LogP contribution in [0.5, 0.6) is 0 Å². The number of rotatable bonds is 3. The van der Waals surface area contributed by atoms with Crippen LogP contribution in [0.1, 0.15) is 58.8 Å². The summed E-state index contributed by atoms with van der Waals surface area (Å²) >= 11 is 1.39. The Labute approximate surface area is 160 Å². The molecule has 142 valence electrons. The molecule has 2 nitrogen and oxygen atoms in total. The van der Waals surface area contributed by atoms with Crippen LogP contribution < -0.4 is 0 Å². The number of allylic oxidation sites excluding steroid dienone is 2. The molecule has 0 heterocycles. The van der Waals surface area contributed by atoms with E-state index in [-0.39, 0.29) is 16.6 Å². The van der Waals surface area contributed by atoms with Crippen LogP contribution in [0.4, 0.5) is 4.39 Å². The molecule has 0 aliphatic heterocycles. The molecule has 0 N–H and O–H groups in total. The van der Waals surface area contributed by atoms with E-state index in [1.807, 2.05) is 0 Å². The lowest BCUT2D eigenvalue weighted by Gasteiger charge is -2.57. The third-order valence-electron chi connectivity index (χ3n) is 8.05. The van der Waals surface area contributed by atoms with Gasteiger partial charge in [-0.05, 0) is 66.4 Å². The largest absolute Gasteiger partial charge is 0.299 e. The van der Waals surface area contributed by atoms with Crippen LogP contribution >= 0.6 is 11.8 Å². The van der Waals surface area contributed by atoms with Crippen molar-refractivity contribution >= 4 is 23.3 Å². The number of carbonyl (C=O) groups is 2. The average molecular weight is 377 g/mol. The normalized spacial score (nSPS) is 42.6. The predicted octanol–water partition coefficient (Wildman–Crippen LogP) is 5.28. The van der Waals surface area contributed by atoms with Gasteiger partial charge < -0.3 is 0 Å². The maximum Gasteiger partial charge on any atom is 0.169 e. The molecule has 26 heavy (non-hydrogen) atoms. The Morgan fingerprint density at radius 1 is 1.12 bits per heavy atom. The number of halogens is 1. The molecule has 4 rings (SSSR count). The minimum Gasteiger partial charge on any atom is -0.299 e. The molecule has 3 saturated carbocycles. The van der Waals surface area contributed by atoms with Crippen molar-refractivity contribution in [3.63, 3.8) is 0 Å². The smallest absolute Gasteiger partial charge is 0.169 e. The molecule has 0 bridgehead atoms. The van der Waals surface area contributed by atoms with Gasteiger partial charge in [0.1, 0.15) is 5.78 Å². The number of hydrogen-bond acceptors (Lipinski definition) is 3. The number of fused-ring (bicyclic) bond motifs is 5. The molecule has 0 amide bonds. The van der Waals surface area contributed by atoms with Crippen molar-refractivity contribution in [3.8, 4) is 0 Å². The number of Topliss-reactive ketones (excluding diaryl/α,β-unsaturated/α-hetero) is 2.